The zero-order valence-electron chi connectivity index (χ0n) is 12.8. The van der Waals surface area contributed by atoms with Crippen molar-refractivity contribution in [3.63, 3.8) is 0 Å². The van der Waals surface area contributed by atoms with Gasteiger partial charge in [-0.25, -0.2) is 4.39 Å². The number of carbonyl (C=O) groups is 2. The molecule has 6 heteroatoms. The van der Waals surface area contributed by atoms with E-state index in [1.54, 1.807) is 30.0 Å². The monoisotopic (exact) mass is 307 g/mol. The minimum atomic E-state index is -0.348. The normalized spacial score (nSPS) is 17.3. The van der Waals surface area contributed by atoms with Crippen LogP contribution in [0.4, 0.5) is 4.39 Å². The Bertz CT molecular complexity index is 542. The highest BCUT2D eigenvalue weighted by Crippen LogP contribution is 2.12. The van der Waals surface area contributed by atoms with Gasteiger partial charge in [0.15, 0.2) is 0 Å². The molecule has 0 bridgehead atoms. The summed E-state index contributed by atoms with van der Waals surface area (Å²) in [6, 6.07) is 6.21. The number of aryl methyl sites for hydroxylation is 1. The highest BCUT2D eigenvalue weighted by molar-refractivity contribution is 5.79. The van der Waals surface area contributed by atoms with E-state index < -0.39 is 0 Å². The summed E-state index contributed by atoms with van der Waals surface area (Å²) in [5.41, 5.74) is 5.86. The number of benzene rings is 1. The third kappa shape index (κ3) is 4.04. The van der Waals surface area contributed by atoms with E-state index in [0.717, 1.165) is 0 Å². The van der Waals surface area contributed by atoms with E-state index in [4.69, 9.17) is 5.73 Å². The molecule has 1 atom stereocenters. The summed E-state index contributed by atoms with van der Waals surface area (Å²) in [5.74, 6) is -0.593. The van der Waals surface area contributed by atoms with Crippen LogP contribution >= 0.6 is 0 Å². The van der Waals surface area contributed by atoms with Gasteiger partial charge in [-0.05, 0) is 25.0 Å². The zero-order valence-corrected chi connectivity index (χ0v) is 12.8. The van der Waals surface area contributed by atoms with Crippen molar-refractivity contribution in [3.8, 4) is 0 Å². The predicted molar refractivity (Wildman–Crippen MR) is 81.5 cm³/mol. The van der Waals surface area contributed by atoms with Gasteiger partial charge in [-0.3, -0.25) is 14.5 Å². The summed E-state index contributed by atoms with van der Waals surface area (Å²) < 4.78 is 13.5. The Kier molecular flexibility index (Phi) is 5.49. The van der Waals surface area contributed by atoms with Crippen molar-refractivity contribution >= 4 is 11.8 Å². The van der Waals surface area contributed by atoms with Crippen LogP contribution in [0.25, 0.3) is 0 Å². The first-order valence-corrected chi connectivity index (χ1v) is 7.53. The van der Waals surface area contributed by atoms with Crippen LogP contribution in [0.1, 0.15) is 18.9 Å². The molecule has 1 saturated heterocycles. The molecule has 2 N–H and O–H groups in total. The van der Waals surface area contributed by atoms with E-state index in [9.17, 15) is 14.0 Å². The Balaban J connectivity index is 1.80. The van der Waals surface area contributed by atoms with Gasteiger partial charge in [-0.2, -0.15) is 0 Å². The van der Waals surface area contributed by atoms with E-state index >= 15 is 0 Å². The van der Waals surface area contributed by atoms with E-state index in [1.165, 1.54) is 6.07 Å². The van der Waals surface area contributed by atoms with Crippen molar-refractivity contribution in [1.29, 1.82) is 0 Å². The molecular weight excluding hydrogens is 285 g/mol. The van der Waals surface area contributed by atoms with Crippen LogP contribution in [0.3, 0.4) is 0 Å². The maximum absolute atomic E-state index is 13.5. The average Bonchev–Trinajstić information content (AvgIpc) is 2.53. The molecule has 2 rings (SSSR count). The number of hydrogen-bond donors (Lipinski definition) is 1. The molecule has 1 unspecified atom stereocenters. The van der Waals surface area contributed by atoms with Crippen LogP contribution < -0.4 is 5.73 Å². The molecule has 0 aliphatic carbocycles. The first-order chi connectivity index (χ1) is 10.5. The number of amides is 2. The van der Waals surface area contributed by atoms with Gasteiger partial charge in [0.1, 0.15) is 5.82 Å². The van der Waals surface area contributed by atoms with E-state index in [0.29, 0.717) is 44.6 Å². The molecule has 0 aromatic heterocycles. The van der Waals surface area contributed by atoms with E-state index in [1.807, 2.05) is 4.90 Å². The molecule has 5 nitrogen and oxygen atoms in total. The fourth-order valence-corrected chi connectivity index (χ4v) is 2.64. The van der Waals surface area contributed by atoms with Gasteiger partial charge in [-0.15, -0.1) is 0 Å². The summed E-state index contributed by atoms with van der Waals surface area (Å²) in [6.45, 7) is 4.20. The number of primary amides is 1. The number of nitrogens with two attached hydrogens (primary N) is 1. The fourth-order valence-electron chi connectivity index (χ4n) is 2.64. The molecule has 1 aromatic carbocycles. The summed E-state index contributed by atoms with van der Waals surface area (Å²) >= 11 is 0. The van der Waals surface area contributed by atoms with Gasteiger partial charge in [0.25, 0.3) is 0 Å². The molecule has 1 aliphatic heterocycles. The first kappa shape index (κ1) is 16.4. The number of piperazine rings is 1. The summed E-state index contributed by atoms with van der Waals surface area (Å²) in [5, 5.41) is 0. The Hall–Kier alpha value is -1.95. The molecule has 0 saturated carbocycles. The van der Waals surface area contributed by atoms with Gasteiger partial charge in [0.05, 0.1) is 6.04 Å². The van der Waals surface area contributed by atoms with Gasteiger partial charge < -0.3 is 10.6 Å². The van der Waals surface area contributed by atoms with Crippen LogP contribution in [0.2, 0.25) is 0 Å². The van der Waals surface area contributed by atoms with Gasteiger partial charge in [0.2, 0.25) is 11.8 Å². The lowest BCUT2D eigenvalue weighted by atomic mass is 10.1. The van der Waals surface area contributed by atoms with Crippen LogP contribution in [0, 0.1) is 5.82 Å². The minimum Gasteiger partial charge on any atom is -0.368 e. The highest BCUT2D eigenvalue weighted by Gasteiger charge is 2.26. The number of rotatable bonds is 5. The maximum Gasteiger partial charge on any atom is 0.234 e. The Morgan fingerprint density at radius 1 is 1.23 bits per heavy atom. The molecule has 120 valence electrons. The Morgan fingerprint density at radius 2 is 1.86 bits per heavy atom. The Labute approximate surface area is 129 Å². The van der Waals surface area contributed by atoms with Gasteiger partial charge >= 0.3 is 0 Å². The van der Waals surface area contributed by atoms with Crippen LogP contribution in [-0.4, -0.2) is 53.8 Å². The smallest absolute Gasteiger partial charge is 0.234 e. The van der Waals surface area contributed by atoms with Crippen LogP contribution in [0.15, 0.2) is 24.3 Å². The molecule has 1 aliphatic rings. The SMILES string of the molecule is CC(C(N)=O)N1CCN(C(=O)CCc2ccccc2F)CC1. The Morgan fingerprint density at radius 3 is 2.45 bits per heavy atom. The molecule has 0 spiro atoms. The van der Waals surface area contributed by atoms with Crippen molar-refractivity contribution in [3.05, 3.63) is 35.6 Å². The third-order valence-corrected chi connectivity index (χ3v) is 4.19. The summed E-state index contributed by atoms with van der Waals surface area (Å²) in [6.07, 6.45) is 0.704. The zero-order chi connectivity index (χ0) is 16.1. The van der Waals surface area contributed by atoms with Gasteiger partial charge in [-0.1, -0.05) is 18.2 Å². The molecule has 22 heavy (non-hydrogen) atoms. The summed E-state index contributed by atoms with van der Waals surface area (Å²) in [4.78, 5) is 27.1. The maximum atomic E-state index is 13.5. The molecule has 0 radical (unpaired) electrons. The third-order valence-electron chi connectivity index (χ3n) is 4.19. The van der Waals surface area contributed by atoms with Crippen molar-refractivity contribution in [2.75, 3.05) is 26.2 Å². The highest BCUT2D eigenvalue weighted by atomic mass is 19.1. The molecular formula is C16H22FN3O2. The minimum absolute atomic E-state index is 0.0228. The van der Waals surface area contributed by atoms with Crippen molar-refractivity contribution in [2.45, 2.75) is 25.8 Å². The molecule has 1 aromatic rings. The lowest BCUT2D eigenvalue weighted by Crippen LogP contribution is -2.54. The standard InChI is InChI=1S/C16H22FN3O2/c1-12(16(18)22)19-8-10-20(11-9-19)15(21)7-6-13-4-2-3-5-14(13)17/h2-5,12H,6-11H2,1H3,(H2,18,22). The van der Waals surface area contributed by atoms with Crippen molar-refractivity contribution in [1.82, 2.24) is 9.80 Å². The number of halogens is 1. The van der Waals surface area contributed by atoms with E-state index in [2.05, 4.69) is 0 Å². The second-order valence-electron chi connectivity index (χ2n) is 5.59. The molecule has 1 fully saturated rings. The molecule has 2 amide bonds. The van der Waals surface area contributed by atoms with Crippen molar-refractivity contribution < 1.29 is 14.0 Å². The average molecular weight is 307 g/mol. The number of hydrogen-bond acceptors (Lipinski definition) is 3. The number of nitrogens with zero attached hydrogens (tertiary/aromatic N) is 2. The largest absolute Gasteiger partial charge is 0.368 e. The lowest BCUT2D eigenvalue weighted by molar-refractivity contribution is -0.133. The van der Waals surface area contributed by atoms with Crippen LogP contribution in [0.5, 0.6) is 0 Å². The van der Waals surface area contributed by atoms with Crippen molar-refractivity contribution in [2.24, 2.45) is 5.73 Å². The topological polar surface area (TPSA) is 66.6 Å². The van der Waals surface area contributed by atoms with Gasteiger partial charge in [0, 0.05) is 32.6 Å². The second-order valence-corrected chi connectivity index (χ2v) is 5.59. The molecule has 1 heterocycles. The predicted octanol–water partition coefficient (Wildman–Crippen LogP) is 0.776. The lowest BCUT2D eigenvalue weighted by Gasteiger charge is -2.37. The second kappa shape index (κ2) is 7.35. The number of carbonyl (C=O) groups excluding carboxylic acids is 2. The van der Waals surface area contributed by atoms with Crippen LogP contribution in [-0.2, 0) is 16.0 Å². The van der Waals surface area contributed by atoms with E-state index in [-0.39, 0.29) is 23.7 Å². The summed E-state index contributed by atoms with van der Waals surface area (Å²) in [7, 11) is 0. The quantitative estimate of drug-likeness (QED) is 0.874. The fraction of sp³-hybridized carbons (Fsp3) is 0.500. The first-order valence-electron chi connectivity index (χ1n) is 7.53.